The van der Waals surface area contributed by atoms with Gasteiger partial charge in [-0.15, -0.1) is 0 Å². The number of nitrogens with zero attached hydrogens (tertiary/aromatic N) is 5. The fourth-order valence-corrected chi connectivity index (χ4v) is 4.81. The maximum Gasteiger partial charge on any atom is 0.257 e. The van der Waals surface area contributed by atoms with Crippen LogP contribution in [-0.2, 0) is 7.05 Å². The van der Waals surface area contributed by atoms with E-state index in [2.05, 4.69) is 25.6 Å². The lowest BCUT2D eigenvalue weighted by atomic mass is 10.1. The first-order valence-electron chi connectivity index (χ1n) is 11.4. The van der Waals surface area contributed by atoms with Gasteiger partial charge in [0.2, 0.25) is 0 Å². The number of benzene rings is 1. The zero-order valence-electron chi connectivity index (χ0n) is 18.7. The lowest BCUT2D eigenvalue weighted by molar-refractivity contribution is 0.102. The molecular formula is C24H26FN7O. The summed E-state index contributed by atoms with van der Waals surface area (Å²) in [7, 11) is 1.86. The quantitative estimate of drug-likeness (QED) is 0.491. The molecule has 2 N–H and O–H groups in total. The normalized spacial score (nSPS) is 18.5. The third-order valence-electron chi connectivity index (χ3n) is 6.47. The summed E-state index contributed by atoms with van der Waals surface area (Å²) in [5.74, 6) is -0.807. The van der Waals surface area contributed by atoms with Crippen molar-refractivity contribution in [2.45, 2.75) is 38.3 Å². The van der Waals surface area contributed by atoms with E-state index < -0.39 is 5.82 Å². The molecule has 1 saturated heterocycles. The van der Waals surface area contributed by atoms with Crippen LogP contribution in [0, 0.1) is 12.7 Å². The van der Waals surface area contributed by atoms with Crippen LogP contribution in [0.5, 0.6) is 0 Å². The molecule has 170 valence electrons. The first kappa shape index (κ1) is 20.2. The second kappa shape index (κ2) is 7.55. The minimum Gasteiger partial charge on any atom is -0.369 e. The number of carbonyl (C=O) groups is 1. The number of rotatable bonds is 5. The van der Waals surface area contributed by atoms with E-state index >= 15 is 0 Å². The Morgan fingerprint density at radius 3 is 2.82 bits per heavy atom. The van der Waals surface area contributed by atoms with Crippen LogP contribution < -0.4 is 15.5 Å². The van der Waals surface area contributed by atoms with Gasteiger partial charge >= 0.3 is 0 Å². The first-order chi connectivity index (χ1) is 15.9. The standard InChI is InChI=1S/C24H26FN7O/c1-14-10-32-12-17(9-20(25)23(32)26-14)28-24(33)18-5-6-21(19-13-30(2)29-22(18)19)31-8-7-16(11-31)27-15-3-4-15/h5-6,9-10,12-13,15-16,27H,3-4,7-8,11H2,1-2H3,(H,28,33). The molecule has 2 aliphatic rings. The van der Waals surface area contributed by atoms with Gasteiger partial charge in [0.15, 0.2) is 11.5 Å². The molecule has 3 aromatic heterocycles. The number of nitrogens with one attached hydrogen (secondary N) is 2. The third kappa shape index (κ3) is 3.72. The van der Waals surface area contributed by atoms with Crippen molar-refractivity contribution in [1.82, 2.24) is 24.5 Å². The minimum absolute atomic E-state index is 0.238. The van der Waals surface area contributed by atoms with Gasteiger partial charge in [-0.2, -0.15) is 5.10 Å². The van der Waals surface area contributed by atoms with Gasteiger partial charge in [-0.1, -0.05) is 0 Å². The van der Waals surface area contributed by atoms with E-state index in [0.717, 1.165) is 30.6 Å². The van der Waals surface area contributed by atoms with Crippen LogP contribution in [0.1, 0.15) is 35.3 Å². The van der Waals surface area contributed by atoms with Crippen molar-refractivity contribution in [1.29, 1.82) is 0 Å². The number of imidazole rings is 1. The van der Waals surface area contributed by atoms with Gasteiger partial charge in [0.1, 0.15) is 5.52 Å². The van der Waals surface area contributed by atoms with Crippen LogP contribution >= 0.6 is 0 Å². The van der Waals surface area contributed by atoms with Gasteiger partial charge in [0, 0.05) is 68.0 Å². The molecule has 1 amide bonds. The number of carbonyl (C=O) groups excluding carboxylic acids is 1. The molecule has 1 unspecified atom stereocenters. The molecular weight excluding hydrogens is 421 g/mol. The summed E-state index contributed by atoms with van der Waals surface area (Å²) in [5, 5.41) is 12.1. The Kier molecular flexibility index (Phi) is 4.62. The second-order valence-electron chi connectivity index (χ2n) is 9.21. The Bertz CT molecular complexity index is 1390. The molecule has 0 radical (unpaired) electrons. The van der Waals surface area contributed by atoms with Gasteiger partial charge in [-0.3, -0.25) is 9.48 Å². The van der Waals surface area contributed by atoms with E-state index in [9.17, 15) is 9.18 Å². The predicted octanol–water partition coefficient (Wildman–Crippen LogP) is 3.25. The lowest BCUT2D eigenvalue weighted by Crippen LogP contribution is -2.34. The maximum atomic E-state index is 14.4. The summed E-state index contributed by atoms with van der Waals surface area (Å²) in [6, 6.07) is 6.30. The van der Waals surface area contributed by atoms with Gasteiger partial charge in [-0.05, 0) is 38.3 Å². The van der Waals surface area contributed by atoms with Crippen molar-refractivity contribution in [3.05, 3.63) is 53.9 Å². The average molecular weight is 448 g/mol. The van der Waals surface area contributed by atoms with Crippen LogP contribution in [0.25, 0.3) is 16.6 Å². The van der Waals surface area contributed by atoms with Gasteiger partial charge < -0.3 is 19.9 Å². The summed E-state index contributed by atoms with van der Waals surface area (Å²) in [6.45, 7) is 3.73. The molecule has 9 heteroatoms. The van der Waals surface area contributed by atoms with Crippen molar-refractivity contribution in [2.75, 3.05) is 23.3 Å². The second-order valence-corrected chi connectivity index (χ2v) is 9.21. The molecule has 1 aromatic carbocycles. The summed E-state index contributed by atoms with van der Waals surface area (Å²) >= 11 is 0. The number of anilines is 2. The van der Waals surface area contributed by atoms with E-state index in [1.165, 1.54) is 18.9 Å². The topological polar surface area (TPSA) is 79.5 Å². The number of halogens is 1. The van der Waals surface area contributed by atoms with Gasteiger partial charge in [0.05, 0.1) is 16.9 Å². The van der Waals surface area contributed by atoms with Crippen LogP contribution in [-0.4, -0.2) is 50.2 Å². The molecule has 4 heterocycles. The van der Waals surface area contributed by atoms with Crippen molar-refractivity contribution < 1.29 is 9.18 Å². The van der Waals surface area contributed by atoms with Crippen LogP contribution in [0.2, 0.25) is 0 Å². The highest BCUT2D eigenvalue weighted by molar-refractivity contribution is 6.13. The number of hydrogen-bond donors (Lipinski definition) is 2. The summed E-state index contributed by atoms with van der Waals surface area (Å²) in [5.41, 5.74) is 3.51. The zero-order valence-corrected chi connectivity index (χ0v) is 18.7. The van der Waals surface area contributed by atoms with Crippen LogP contribution in [0.4, 0.5) is 15.8 Å². The largest absolute Gasteiger partial charge is 0.369 e. The summed E-state index contributed by atoms with van der Waals surface area (Å²) in [6.07, 6.45) is 9.03. The highest BCUT2D eigenvalue weighted by atomic mass is 19.1. The summed E-state index contributed by atoms with van der Waals surface area (Å²) in [4.78, 5) is 19.7. The van der Waals surface area contributed by atoms with Gasteiger partial charge in [-0.25, -0.2) is 9.37 Å². The predicted molar refractivity (Wildman–Crippen MR) is 125 cm³/mol. The molecule has 0 bridgehead atoms. The minimum atomic E-state index is -0.484. The zero-order chi connectivity index (χ0) is 22.7. The molecule has 1 saturated carbocycles. The van der Waals surface area contributed by atoms with E-state index in [1.807, 2.05) is 25.4 Å². The molecule has 2 fully saturated rings. The van der Waals surface area contributed by atoms with Crippen molar-refractivity contribution in [2.24, 2.45) is 7.05 Å². The number of amides is 1. The van der Waals surface area contributed by atoms with Crippen LogP contribution in [0.3, 0.4) is 0 Å². The van der Waals surface area contributed by atoms with E-state index in [4.69, 9.17) is 0 Å². The Balaban J connectivity index is 1.29. The number of fused-ring (bicyclic) bond motifs is 2. The Hall–Kier alpha value is -3.46. The van der Waals surface area contributed by atoms with E-state index in [1.54, 1.807) is 28.4 Å². The molecule has 6 rings (SSSR count). The molecule has 33 heavy (non-hydrogen) atoms. The monoisotopic (exact) mass is 447 g/mol. The van der Waals surface area contributed by atoms with E-state index in [0.29, 0.717) is 34.5 Å². The number of aryl methyl sites for hydroxylation is 2. The SMILES string of the molecule is Cc1cn2cc(NC(=O)c3ccc(N4CCC(NC5CC5)C4)c4cn(C)nc34)cc(F)c2n1. The number of pyridine rings is 1. The highest BCUT2D eigenvalue weighted by Gasteiger charge is 2.30. The Morgan fingerprint density at radius 1 is 1.15 bits per heavy atom. The average Bonchev–Trinajstić information content (AvgIpc) is 3.13. The molecule has 4 aromatic rings. The Morgan fingerprint density at radius 2 is 2.00 bits per heavy atom. The van der Waals surface area contributed by atoms with Gasteiger partial charge in [0.25, 0.3) is 5.91 Å². The van der Waals surface area contributed by atoms with Crippen LogP contribution in [0.15, 0.2) is 36.8 Å². The first-order valence-corrected chi connectivity index (χ1v) is 11.4. The van der Waals surface area contributed by atoms with Crippen molar-refractivity contribution in [3.63, 3.8) is 0 Å². The van der Waals surface area contributed by atoms with Crippen molar-refractivity contribution in [3.8, 4) is 0 Å². The molecule has 0 spiro atoms. The fraction of sp³-hybridized carbons (Fsp3) is 0.375. The summed E-state index contributed by atoms with van der Waals surface area (Å²) < 4.78 is 17.8. The Labute approximate surface area is 190 Å². The fourth-order valence-electron chi connectivity index (χ4n) is 4.81. The molecule has 8 nitrogen and oxygen atoms in total. The highest BCUT2D eigenvalue weighted by Crippen LogP contribution is 2.32. The molecule has 1 aliphatic heterocycles. The number of hydrogen-bond acceptors (Lipinski definition) is 5. The third-order valence-corrected chi connectivity index (χ3v) is 6.47. The maximum absolute atomic E-state index is 14.4. The van der Waals surface area contributed by atoms with Crippen molar-refractivity contribution >= 4 is 33.8 Å². The molecule has 1 aliphatic carbocycles. The lowest BCUT2D eigenvalue weighted by Gasteiger charge is -2.20. The number of aromatic nitrogens is 4. The van der Waals surface area contributed by atoms with E-state index in [-0.39, 0.29) is 11.6 Å². The molecule has 1 atom stereocenters. The smallest absolute Gasteiger partial charge is 0.257 e.